The van der Waals surface area contributed by atoms with Gasteiger partial charge in [-0.3, -0.25) is 0 Å². The van der Waals surface area contributed by atoms with Gasteiger partial charge in [0.05, 0.1) is 7.11 Å². The zero-order valence-corrected chi connectivity index (χ0v) is 9.36. The summed E-state index contributed by atoms with van der Waals surface area (Å²) < 4.78 is 19.6. The fraction of sp³-hybridized carbons (Fsp3) is 0.500. The zero-order valence-electron chi connectivity index (χ0n) is 9.36. The van der Waals surface area contributed by atoms with Crippen molar-refractivity contribution in [1.29, 1.82) is 0 Å². The Kier molecular flexibility index (Phi) is 2.43. The van der Waals surface area contributed by atoms with Crippen LogP contribution in [0.3, 0.4) is 0 Å². The van der Waals surface area contributed by atoms with E-state index in [0.717, 1.165) is 11.1 Å². The van der Waals surface area contributed by atoms with Crippen LogP contribution in [0.5, 0.6) is 5.75 Å². The Balaban J connectivity index is 2.52. The highest BCUT2D eigenvalue weighted by molar-refractivity contribution is 5.49. The molecule has 0 bridgehead atoms. The molecule has 2 rings (SSSR count). The molecule has 0 radical (unpaired) electrons. The van der Waals surface area contributed by atoms with E-state index in [9.17, 15) is 4.39 Å². The van der Waals surface area contributed by atoms with Crippen molar-refractivity contribution in [2.24, 2.45) is 0 Å². The summed E-state index contributed by atoms with van der Waals surface area (Å²) in [5.74, 6) is 0.694. The van der Waals surface area contributed by atoms with Crippen molar-refractivity contribution in [2.45, 2.75) is 19.5 Å². The van der Waals surface area contributed by atoms with E-state index in [1.165, 1.54) is 0 Å². The number of aryl methyl sites for hydroxylation is 1. The van der Waals surface area contributed by atoms with Crippen molar-refractivity contribution >= 4 is 0 Å². The maximum atomic E-state index is 14.3. The van der Waals surface area contributed by atoms with Gasteiger partial charge in [-0.1, -0.05) is 12.1 Å². The summed E-state index contributed by atoms with van der Waals surface area (Å²) >= 11 is 0. The van der Waals surface area contributed by atoms with Gasteiger partial charge in [0.1, 0.15) is 5.75 Å². The molecule has 0 spiro atoms. The number of benzene rings is 1. The molecule has 0 saturated carbocycles. The summed E-state index contributed by atoms with van der Waals surface area (Å²) in [4.78, 5) is 0. The van der Waals surface area contributed by atoms with Crippen LogP contribution in [0, 0.1) is 13.8 Å². The number of alkyl halides is 1. The Hall–Kier alpha value is -1.09. The normalized spacial score (nSPS) is 18.4. The maximum Gasteiger partial charge on any atom is 0.164 e. The lowest BCUT2D eigenvalue weighted by Gasteiger charge is -2.36. The van der Waals surface area contributed by atoms with Crippen molar-refractivity contribution in [3.8, 4) is 5.75 Å². The largest absolute Gasteiger partial charge is 0.496 e. The van der Waals surface area contributed by atoms with Gasteiger partial charge in [-0.2, -0.15) is 0 Å². The zero-order chi connectivity index (χ0) is 11.1. The Bertz CT molecular complexity index is 385. The minimum atomic E-state index is -1.25. The van der Waals surface area contributed by atoms with E-state index in [1.807, 2.05) is 26.0 Å². The lowest BCUT2D eigenvalue weighted by Crippen LogP contribution is -2.53. The van der Waals surface area contributed by atoms with E-state index in [2.05, 4.69) is 5.32 Å². The Morgan fingerprint density at radius 1 is 1.33 bits per heavy atom. The summed E-state index contributed by atoms with van der Waals surface area (Å²) in [5, 5.41) is 2.96. The first-order chi connectivity index (χ1) is 7.08. The van der Waals surface area contributed by atoms with Gasteiger partial charge in [0.25, 0.3) is 0 Å². The monoisotopic (exact) mass is 209 g/mol. The molecule has 0 atom stereocenters. The predicted octanol–water partition coefficient (Wildman–Crippen LogP) is 2.08. The fourth-order valence-electron chi connectivity index (χ4n) is 1.94. The Morgan fingerprint density at radius 2 is 2.00 bits per heavy atom. The molecule has 0 unspecified atom stereocenters. The molecule has 0 amide bonds. The lowest BCUT2D eigenvalue weighted by atomic mass is 9.87. The number of rotatable bonds is 2. The number of hydrogen-bond acceptors (Lipinski definition) is 2. The van der Waals surface area contributed by atoms with Crippen molar-refractivity contribution in [3.05, 3.63) is 28.8 Å². The second-order valence-electron chi connectivity index (χ2n) is 4.16. The topological polar surface area (TPSA) is 21.3 Å². The van der Waals surface area contributed by atoms with Crippen molar-refractivity contribution in [2.75, 3.05) is 20.2 Å². The van der Waals surface area contributed by atoms with Gasteiger partial charge in [-0.25, -0.2) is 4.39 Å². The van der Waals surface area contributed by atoms with Crippen LogP contribution in [-0.2, 0) is 5.67 Å². The second-order valence-corrected chi connectivity index (χ2v) is 4.16. The molecular weight excluding hydrogens is 193 g/mol. The summed E-state index contributed by atoms with van der Waals surface area (Å²) in [5.41, 5.74) is 1.58. The van der Waals surface area contributed by atoms with E-state index in [-0.39, 0.29) is 0 Å². The van der Waals surface area contributed by atoms with Gasteiger partial charge in [-0.05, 0) is 25.0 Å². The fourth-order valence-corrected chi connectivity index (χ4v) is 1.94. The van der Waals surface area contributed by atoms with Crippen LogP contribution in [0.2, 0.25) is 0 Å². The highest BCUT2D eigenvalue weighted by Crippen LogP contribution is 2.39. The first kappa shape index (κ1) is 10.4. The van der Waals surface area contributed by atoms with Crippen LogP contribution in [-0.4, -0.2) is 20.2 Å². The Morgan fingerprint density at radius 3 is 2.47 bits per heavy atom. The predicted molar refractivity (Wildman–Crippen MR) is 58.1 cm³/mol. The Labute approximate surface area is 89.4 Å². The van der Waals surface area contributed by atoms with Crippen molar-refractivity contribution in [3.63, 3.8) is 0 Å². The quantitative estimate of drug-likeness (QED) is 0.805. The smallest absolute Gasteiger partial charge is 0.164 e. The third-order valence-corrected chi connectivity index (χ3v) is 3.17. The summed E-state index contributed by atoms with van der Waals surface area (Å²) in [6, 6.07) is 3.79. The minimum absolute atomic E-state index is 0.381. The van der Waals surface area contributed by atoms with E-state index < -0.39 is 5.67 Å². The third kappa shape index (κ3) is 1.51. The molecule has 1 aromatic carbocycles. The van der Waals surface area contributed by atoms with Crippen LogP contribution in [0.25, 0.3) is 0 Å². The third-order valence-electron chi connectivity index (χ3n) is 3.17. The molecule has 15 heavy (non-hydrogen) atoms. The van der Waals surface area contributed by atoms with Crippen LogP contribution in [0.4, 0.5) is 4.39 Å². The first-order valence-corrected chi connectivity index (χ1v) is 5.13. The van der Waals surface area contributed by atoms with Crippen molar-refractivity contribution in [1.82, 2.24) is 5.32 Å². The van der Waals surface area contributed by atoms with E-state index in [4.69, 9.17) is 4.74 Å². The molecular formula is C12H16FNO. The molecule has 0 aromatic heterocycles. The van der Waals surface area contributed by atoms with Gasteiger partial charge in [0.15, 0.2) is 5.67 Å². The van der Waals surface area contributed by atoms with Crippen LogP contribution >= 0.6 is 0 Å². The standard InChI is InChI=1S/C12H16FNO/c1-8-4-5-10(11(15-3)9(8)2)12(13)6-14-7-12/h4-5,14H,6-7H2,1-3H3. The van der Waals surface area contributed by atoms with Gasteiger partial charge in [0.2, 0.25) is 0 Å². The van der Waals surface area contributed by atoms with Gasteiger partial charge in [-0.15, -0.1) is 0 Å². The molecule has 1 heterocycles. The number of methoxy groups -OCH3 is 1. The van der Waals surface area contributed by atoms with Crippen molar-refractivity contribution < 1.29 is 9.13 Å². The number of nitrogens with one attached hydrogen (secondary N) is 1. The molecule has 1 fully saturated rings. The highest BCUT2D eigenvalue weighted by Gasteiger charge is 2.41. The van der Waals surface area contributed by atoms with E-state index in [0.29, 0.717) is 24.4 Å². The molecule has 1 N–H and O–H groups in total. The van der Waals surface area contributed by atoms with Gasteiger partial charge in [0, 0.05) is 18.7 Å². The average molecular weight is 209 g/mol. The molecule has 2 nitrogen and oxygen atoms in total. The highest BCUT2D eigenvalue weighted by atomic mass is 19.1. The first-order valence-electron chi connectivity index (χ1n) is 5.13. The molecule has 1 aliphatic rings. The van der Waals surface area contributed by atoms with Gasteiger partial charge < -0.3 is 10.1 Å². The van der Waals surface area contributed by atoms with Crippen LogP contribution in [0.1, 0.15) is 16.7 Å². The SMILES string of the molecule is COc1c(C2(F)CNC2)ccc(C)c1C. The summed E-state index contributed by atoms with van der Waals surface area (Å²) in [6.07, 6.45) is 0. The van der Waals surface area contributed by atoms with Gasteiger partial charge >= 0.3 is 0 Å². The molecule has 82 valence electrons. The van der Waals surface area contributed by atoms with Crippen LogP contribution < -0.4 is 10.1 Å². The summed E-state index contributed by atoms with van der Waals surface area (Å²) in [6.45, 7) is 4.73. The number of ether oxygens (including phenoxy) is 1. The summed E-state index contributed by atoms with van der Waals surface area (Å²) in [7, 11) is 1.60. The number of halogens is 1. The number of hydrogen-bond donors (Lipinski definition) is 1. The molecule has 1 aromatic rings. The second kappa shape index (κ2) is 3.49. The van der Waals surface area contributed by atoms with E-state index in [1.54, 1.807) is 7.11 Å². The molecule has 0 aliphatic carbocycles. The van der Waals surface area contributed by atoms with E-state index >= 15 is 0 Å². The molecule has 1 saturated heterocycles. The molecule has 1 aliphatic heterocycles. The average Bonchev–Trinajstić information content (AvgIpc) is 2.18. The minimum Gasteiger partial charge on any atom is -0.496 e. The lowest BCUT2D eigenvalue weighted by molar-refractivity contribution is 0.0857. The maximum absolute atomic E-state index is 14.3. The molecule has 3 heteroatoms. The van der Waals surface area contributed by atoms with Crippen LogP contribution in [0.15, 0.2) is 12.1 Å².